The Morgan fingerprint density at radius 3 is 2.45 bits per heavy atom. The summed E-state index contributed by atoms with van der Waals surface area (Å²) in [6, 6.07) is 9.21. The number of halogens is 1. The lowest BCUT2D eigenvalue weighted by atomic mass is 10.2. The zero-order valence-electron chi connectivity index (χ0n) is 17.4. The van der Waals surface area contributed by atoms with E-state index in [1.54, 1.807) is 35.4 Å². The molecule has 0 spiro atoms. The third kappa shape index (κ3) is 7.25. The van der Waals surface area contributed by atoms with Crippen LogP contribution in [0.2, 0.25) is 0 Å². The van der Waals surface area contributed by atoms with Crippen LogP contribution in [0.5, 0.6) is 0 Å². The Kier molecular flexibility index (Phi) is 8.70. The van der Waals surface area contributed by atoms with Gasteiger partial charge in [0.1, 0.15) is 18.1 Å². The summed E-state index contributed by atoms with van der Waals surface area (Å²) in [4.78, 5) is 28.7. The highest BCUT2D eigenvalue weighted by Gasteiger charge is 2.24. The van der Waals surface area contributed by atoms with Crippen LogP contribution in [-0.2, 0) is 17.9 Å². The van der Waals surface area contributed by atoms with Crippen LogP contribution in [0.25, 0.3) is 0 Å². The summed E-state index contributed by atoms with van der Waals surface area (Å²) in [5.41, 5.74) is 0.801. The molecule has 0 aliphatic rings. The summed E-state index contributed by atoms with van der Waals surface area (Å²) >= 11 is 0. The van der Waals surface area contributed by atoms with Gasteiger partial charge >= 0.3 is 6.03 Å². The number of unbranched alkanes of at least 4 members (excludes halogenated alkanes) is 1. The summed E-state index contributed by atoms with van der Waals surface area (Å²) in [7, 11) is 0. The van der Waals surface area contributed by atoms with Gasteiger partial charge in [-0.3, -0.25) is 4.79 Å². The second kappa shape index (κ2) is 11.2. The SMILES string of the molecule is CCCCNC(=O)N(CC(=O)N(Cc1ccc(F)cc1)Cc1ccco1)C(C)C. The Labute approximate surface area is 171 Å². The number of benzene rings is 1. The van der Waals surface area contributed by atoms with Gasteiger partial charge in [0.2, 0.25) is 5.91 Å². The number of rotatable bonds is 10. The average molecular weight is 403 g/mol. The van der Waals surface area contributed by atoms with E-state index in [-0.39, 0.29) is 36.9 Å². The zero-order valence-corrected chi connectivity index (χ0v) is 17.4. The molecule has 0 saturated heterocycles. The molecule has 1 aromatic heterocycles. The van der Waals surface area contributed by atoms with Crippen LogP contribution in [0.3, 0.4) is 0 Å². The molecule has 2 rings (SSSR count). The Balaban J connectivity index is 2.11. The second-order valence-corrected chi connectivity index (χ2v) is 7.26. The third-order valence-electron chi connectivity index (χ3n) is 4.56. The van der Waals surface area contributed by atoms with E-state index in [4.69, 9.17) is 4.42 Å². The molecule has 1 heterocycles. The van der Waals surface area contributed by atoms with E-state index >= 15 is 0 Å². The van der Waals surface area contributed by atoms with Crippen molar-refractivity contribution in [2.45, 2.75) is 52.7 Å². The maximum Gasteiger partial charge on any atom is 0.318 e. The number of urea groups is 1. The van der Waals surface area contributed by atoms with Gasteiger partial charge in [0, 0.05) is 19.1 Å². The first-order chi connectivity index (χ1) is 13.9. The molecule has 158 valence electrons. The molecular weight excluding hydrogens is 373 g/mol. The molecule has 7 heteroatoms. The fourth-order valence-electron chi connectivity index (χ4n) is 2.84. The van der Waals surface area contributed by atoms with Crippen LogP contribution in [0.1, 0.15) is 44.9 Å². The van der Waals surface area contributed by atoms with Crippen molar-refractivity contribution in [3.05, 3.63) is 59.8 Å². The van der Waals surface area contributed by atoms with Crippen molar-refractivity contribution >= 4 is 11.9 Å². The molecule has 2 aromatic rings. The van der Waals surface area contributed by atoms with Crippen LogP contribution in [0, 0.1) is 5.82 Å². The molecule has 0 fully saturated rings. The van der Waals surface area contributed by atoms with Gasteiger partial charge in [0.25, 0.3) is 0 Å². The molecule has 1 N–H and O–H groups in total. The molecule has 0 radical (unpaired) electrons. The van der Waals surface area contributed by atoms with E-state index in [1.807, 2.05) is 13.8 Å². The minimum Gasteiger partial charge on any atom is -0.467 e. The number of carbonyl (C=O) groups excluding carboxylic acids is 2. The minimum atomic E-state index is -0.326. The van der Waals surface area contributed by atoms with Gasteiger partial charge in [-0.05, 0) is 50.1 Å². The maximum atomic E-state index is 13.2. The summed E-state index contributed by atoms with van der Waals surface area (Å²) in [5.74, 6) is 0.112. The van der Waals surface area contributed by atoms with Crippen molar-refractivity contribution in [3.63, 3.8) is 0 Å². The Bertz CT molecular complexity index is 760. The first-order valence-electron chi connectivity index (χ1n) is 9.99. The number of hydrogen-bond acceptors (Lipinski definition) is 3. The maximum absolute atomic E-state index is 13.2. The molecule has 0 atom stereocenters. The first-order valence-corrected chi connectivity index (χ1v) is 9.99. The fraction of sp³-hybridized carbons (Fsp3) is 0.455. The van der Waals surface area contributed by atoms with Gasteiger partial charge < -0.3 is 19.5 Å². The first kappa shape index (κ1) is 22.5. The summed E-state index contributed by atoms with van der Waals surface area (Å²) in [6.45, 7) is 6.91. The lowest BCUT2D eigenvalue weighted by Crippen LogP contribution is -2.49. The standard InChI is InChI=1S/C22H30FN3O3/c1-4-5-12-24-22(28)26(17(2)3)16-21(27)25(15-20-7-6-13-29-20)14-18-8-10-19(23)11-9-18/h6-11,13,17H,4-5,12,14-16H2,1-3H3,(H,24,28). The van der Waals surface area contributed by atoms with Crippen LogP contribution < -0.4 is 5.32 Å². The van der Waals surface area contributed by atoms with Crippen molar-refractivity contribution in [3.8, 4) is 0 Å². The predicted octanol–water partition coefficient (Wildman–Crippen LogP) is 4.17. The highest BCUT2D eigenvalue weighted by atomic mass is 19.1. The largest absolute Gasteiger partial charge is 0.467 e. The quantitative estimate of drug-likeness (QED) is 0.606. The number of hydrogen-bond donors (Lipinski definition) is 1. The number of carbonyl (C=O) groups is 2. The van der Waals surface area contributed by atoms with E-state index in [1.165, 1.54) is 17.0 Å². The molecule has 0 bridgehead atoms. The van der Waals surface area contributed by atoms with Gasteiger partial charge in [-0.1, -0.05) is 25.5 Å². The van der Waals surface area contributed by atoms with Crippen molar-refractivity contribution in [2.24, 2.45) is 0 Å². The van der Waals surface area contributed by atoms with Gasteiger partial charge in [-0.2, -0.15) is 0 Å². The summed E-state index contributed by atoms with van der Waals surface area (Å²) < 4.78 is 18.6. The van der Waals surface area contributed by atoms with Crippen LogP contribution in [0.4, 0.5) is 9.18 Å². The molecule has 1 aromatic carbocycles. The number of nitrogens with one attached hydrogen (secondary N) is 1. The number of nitrogens with zero attached hydrogens (tertiary/aromatic N) is 2. The van der Waals surface area contributed by atoms with Crippen LogP contribution in [0.15, 0.2) is 47.1 Å². The van der Waals surface area contributed by atoms with Crippen LogP contribution >= 0.6 is 0 Å². The topological polar surface area (TPSA) is 65.8 Å². The molecule has 3 amide bonds. The van der Waals surface area contributed by atoms with E-state index in [2.05, 4.69) is 12.2 Å². The normalized spacial score (nSPS) is 10.8. The predicted molar refractivity (Wildman–Crippen MR) is 110 cm³/mol. The highest BCUT2D eigenvalue weighted by Crippen LogP contribution is 2.13. The van der Waals surface area contributed by atoms with Crippen molar-refractivity contribution in [1.82, 2.24) is 15.1 Å². The molecule has 0 aliphatic carbocycles. The third-order valence-corrected chi connectivity index (χ3v) is 4.56. The van der Waals surface area contributed by atoms with Gasteiger partial charge in [0.15, 0.2) is 0 Å². The van der Waals surface area contributed by atoms with Crippen LogP contribution in [-0.4, -0.2) is 40.9 Å². The molecular formula is C22H30FN3O3. The van der Waals surface area contributed by atoms with Crippen molar-refractivity contribution < 1.29 is 18.4 Å². The Morgan fingerprint density at radius 1 is 1.14 bits per heavy atom. The summed E-state index contributed by atoms with van der Waals surface area (Å²) in [6.07, 6.45) is 3.42. The van der Waals surface area contributed by atoms with E-state index in [9.17, 15) is 14.0 Å². The molecule has 0 unspecified atom stereocenters. The number of furan rings is 1. The van der Waals surface area contributed by atoms with Gasteiger partial charge in [-0.25, -0.2) is 9.18 Å². The fourth-order valence-corrected chi connectivity index (χ4v) is 2.84. The van der Waals surface area contributed by atoms with E-state index < -0.39 is 0 Å². The number of amides is 3. The van der Waals surface area contributed by atoms with Crippen molar-refractivity contribution in [1.29, 1.82) is 0 Å². The lowest BCUT2D eigenvalue weighted by molar-refractivity contribution is -0.133. The molecule has 0 aliphatic heterocycles. The van der Waals surface area contributed by atoms with E-state index in [0.29, 0.717) is 18.8 Å². The molecule has 29 heavy (non-hydrogen) atoms. The Morgan fingerprint density at radius 2 is 1.86 bits per heavy atom. The van der Waals surface area contributed by atoms with Crippen molar-refractivity contribution in [2.75, 3.05) is 13.1 Å². The minimum absolute atomic E-state index is 0.0441. The average Bonchev–Trinajstić information content (AvgIpc) is 3.20. The Hall–Kier alpha value is -2.83. The molecule has 6 nitrogen and oxygen atoms in total. The van der Waals surface area contributed by atoms with Gasteiger partial charge in [0.05, 0.1) is 12.8 Å². The molecule has 0 saturated carbocycles. The second-order valence-electron chi connectivity index (χ2n) is 7.26. The monoisotopic (exact) mass is 403 g/mol. The smallest absolute Gasteiger partial charge is 0.318 e. The zero-order chi connectivity index (χ0) is 21.2. The lowest BCUT2D eigenvalue weighted by Gasteiger charge is -2.30. The van der Waals surface area contributed by atoms with E-state index in [0.717, 1.165) is 18.4 Å². The summed E-state index contributed by atoms with van der Waals surface area (Å²) in [5, 5.41) is 2.87. The highest BCUT2D eigenvalue weighted by molar-refractivity contribution is 5.84. The van der Waals surface area contributed by atoms with Gasteiger partial charge in [-0.15, -0.1) is 0 Å².